The van der Waals surface area contributed by atoms with E-state index in [0.717, 1.165) is 35.1 Å². The van der Waals surface area contributed by atoms with Crippen LogP contribution >= 0.6 is 0 Å². The minimum atomic E-state index is -1.06. The third kappa shape index (κ3) is 5.68. The van der Waals surface area contributed by atoms with Crippen molar-refractivity contribution in [3.8, 4) is 22.6 Å². The number of aryl methyl sites for hydroxylation is 2. The summed E-state index contributed by atoms with van der Waals surface area (Å²) in [7, 11) is 1.70. The van der Waals surface area contributed by atoms with Gasteiger partial charge in [0.15, 0.2) is 6.23 Å². The lowest BCUT2D eigenvalue weighted by molar-refractivity contribution is 0.00456. The lowest BCUT2D eigenvalue weighted by atomic mass is 10.0. The summed E-state index contributed by atoms with van der Waals surface area (Å²) in [6, 6.07) is 10.9. The number of benzene rings is 1. The fourth-order valence-corrected chi connectivity index (χ4v) is 5.14. The van der Waals surface area contributed by atoms with Crippen LogP contribution in [0.5, 0.6) is 0 Å². The maximum absolute atomic E-state index is 13.9. The average molecular weight is 576 g/mol. The Bertz CT molecular complexity index is 1620. The number of ether oxygens (including phenoxy) is 2. The van der Waals surface area contributed by atoms with Crippen molar-refractivity contribution in [2.24, 2.45) is 7.05 Å². The lowest BCUT2D eigenvalue weighted by Crippen LogP contribution is -2.49. The normalized spacial score (nSPS) is 15.7. The molecule has 2 unspecified atom stereocenters. The SMILES string of the molecule is CCOC(=O)OC(C)n1c(-c2c(-c3ccc(C(=O)N(c4ncccc4C)C4CCCNC4)cc3)cnn2C)noc1=O. The van der Waals surface area contributed by atoms with Crippen LogP contribution < -0.4 is 16.0 Å². The highest BCUT2D eigenvalue weighted by molar-refractivity contribution is 6.06. The van der Waals surface area contributed by atoms with E-state index in [9.17, 15) is 14.4 Å². The van der Waals surface area contributed by atoms with Crippen LogP contribution in [-0.2, 0) is 16.5 Å². The second-order valence-corrected chi connectivity index (χ2v) is 9.97. The van der Waals surface area contributed by atoms with Crippen molar-refractivity contribution in [1.29, 1.82) is 0 Å². The van der Waals surface area contributed by atoms with Crippen LogP contribution in [0.2, 0.25) is 0 Å². The van der Waals surface area contributed by atoms with Gasteiger partial charge in [0.25, 0.3) is 5.91 Å². The van der Waals surface area contributed by atoms with E-state index in [2.05, 4.69) is 20.6 Å². The predicted octanol–water partition coefficient (Wildman–Crippen LogP) is 3.70. The van der Waals surface area contributed by atoms with Crippen LogP contribution in [-0.4, -0.2) is 62.3 Å². The van der Waals surface area contributed by atoms with E-state index < -0.39 is 18.1 Å². The highest BCUT2D eigenvalue weighted by atomic mass is 16.7. The van der Waals surface area contributed by atoms with Crippen molar-refractivity contribution >= 4 is 17.9 Å². The molecule has 220 valence electrons. The van der Waals surface area contributed by atoms with Gasteiger partial charge in [-0.2, -0.15) is 5.10 Å². The number of hydrogen-bond donors (Lipinski definition) is 1. The first-order chi connectivity index (χ1) is 20.3. The van der Waals surface area contributed by atoms with Gasteiger partial charge in [0.1, 0.15) is 11.5 Å². The molecule has 13 heteroatoms. The largest absolute Gasteiger partial charge is 0.510 e. The molecule has 0 radical (unpaired) electrons. The quantitative estimate of drug-likeness (QED) is 0.309. The molecule has 3 aromatic heterocycles. The maximum atomic E-state index is 13.9. The Morgan fingerprint density at radius 2 is 2.02 bits per heavy atom. The zero-order valence-corrected chi connectivity index (χ0v) is 23.9. The Hall–Kier alpha value is -4.78. The Morgan fingerprint density at radius 3 is 2.71 bits per heavy atom. The number of piperidine rings is 1. The summed E-state index contributed by atoms with van der Waals surface area (Å²) in [6.07, 6.45) is 3.20. The van der Waals surface area contributed by atoms with Gasteiger partial charge in [0, 0.05) is 30.9 Å². The van der Waals surface area contributed by atoms with Crippen LogP contribution in [0.3, 0.4) is 0 Å². The summed E-state index contributed by atoms with van der Waals surface area (Å²) in [4.78, 5) is 44.7. The van der Waals surface area contributed by atoms with Gasteiger partial charge in [-0.05, 0) is 69.5 Å². The van der Waals surface area contributed by atoms with E-state index in [1.54, 1.807) is 48.1 Å². The molecule has 4 aromatic rings. The molecule has 1 aliphatic rings. The Kier molecular flexibility index (Phi) is 8.48. The van der Waals surface area contributed by atoms with E-state index in [0.29, 0.717) is 29.2 Å². The molecule has 1 amide bonds. The van der Waals surface area contributed by atoms with Crippen molar-refractivity contribution < 1.29 is 23.6 Å². The maximum Gasteiger partial charge on any atom is 0.510 e. The van der Waals surface area contributed by atoms with Gasteiger partial charge >= 0.3 is 11.9 Å². The van der Waals surface area contributed by atoms with Gasteiger partial charge < -0.3 is 14.8 Å². The standard InChI is InChI=1S/C29H33N7O6/c1-5-40-29(39)41-19(3)35-26(33-42-28(35)38)24-23(17-32-34(24)4)20-10-12-21(13-11-20)27(37)36(22-9-7-14-30-16-22)25-18(2)8-6-15-31-25/h6,8,10-13,15,17,19,22,30H,5,7,9,14,16H2,1-4H3. The first-order valence-electron chi connectivity index (χ1n) is 13.8. The zero-order valence-electron chi connectivity index (χ0n) is 23.9. The minimum Gasteiger partial charge on any atom is -0.435 e. The number of pyridine rings is 1. The fraction of sp³-hybridized carbons (Fsp3) is 0.379. The zero-order chi connectivity index (χ0) is 29.8. The third-order valence-corrected chi connectivity index (χ3v) is 7.19. The van der Waals surface area contributed by atoms with Gasteiger partial charge in [-0.25, -0.2) is 19.1 Å². The molecule has 5 rings (SSSR count). The second kappa shape index (κ2) is 12.4. The molecule has 1 fully saturated rings. The van der Waals surface area contributed by atoms with Gasteiger partial charge in [-0.3, -0.25) is 18.9 Å². The molecule has 2 atom stereocenters. The van der Waals surface area contributed by atoms with Crippen molar-refractivity contribution in [1.82, 2.24) is 29.8 Å². The van der Waals surface area contributed by atoms with E-state index >= 15 is 0 Å². The van der Waals surface area contributed by atoms with Crippen molar-refractivity contribution in [2.45, 2.75) is 45.9 Å². The number of anilines is 1. The molecular weight excluding hydrogens is 542 g/mol. The fourth-order valence-electron chi connectivity index (χ4n) is 5.14. The van der Waals surface area contributed by atoms with Crippen molar-refractivity contribution in [3.05, 3.63) is 70.5 Å². The molecule has 0 saturated carbocycles. The molecule has 1 aromatic carbocycles. The van der Waals surface area contributed by atoms with Crippen LogP contribution in [0.1, 0.15) is 48.8 Å². The highest BCUT2D eigenvalue weighted by Crippen LogP contribution is 2.32. The van der Waals surface area contributed by atoms with Gasteiger partial charge in [-0.15, -0.1) is 0 Å². The van der Waals surface area contributed by atoms with Crippen LogP contribution in [0.4, 0.5) is 10.6 Å². The van der Waals surface area contributed by atoms with E-state index in [4.69, 9.17) is 14.0 Å². The Morgan fingerprint density at radius 1 is 1.24 bits per heavy atom. The lowest BCUT2D eigenvalue weighted by Gasteiger charge is -2.34. The molecule has 1 aliphatic heterocycles. The first-order valence-corrected chi connectivity index (χ1v) is 13.8. The number of carbonyl (C=O) groups is 2. The van der Waals surface area contributed by atoms with Crippen molar-refractivity contribution in [3.63, 3.8) is 0 Å². The van der Waals surface area contributed by atoms with E-state index in [1.807, 2.05) is 31.2 Å². The molecular formula is C29H33N7O6. The summed E-state index contributed by atoms with van der Waals surface area (Å²) in [5.74, 6) is -0.178. The molecule has 42 heavy (non-hydrogen) atoms. The number of rotatable bonds is 8. The molecule has 0 spiro atoms. The molecule has 1 saturated heterocycles. The van der Waals surface area contributed by atoms with Crippen molar-refractivity contribution in [2.75, 3.05) is 24.6 Å². The van der Waals surface area contributed by atoms with Crippen LogP contribution in [0.25, 0.3) is 22.6 Å². The van der Waals surface area contributed by atoms with Gasteiger partial charge in [0.05, 0.1) is 18.8 Å². The number of carbonyl (C=O) groups excluding carboxylic acids is 2. The average Bonchev–Trinajstić information content (AvgIpc) is 3.56. The third-order valence-electron chi connectivity index (χ3n) is 7.19. The molecule has 1 N–H and O–H groups in total. The summed E-state index contributed by atoms with van der Waals surface area (Å²) >= 11 is 0. The highest BCUT2D eigenvalue weighted by Gasteiger charge is 2.30. The van der Waals surface area contributed by atoms with Crippen LogP contribution in [0, 0.1) is 6.92 Å². The molecule has 0 bridgehead atoms. The summed E-state index contributed by atoms with van der Waals surface area (Å²) < 4.78 is 17.6. The molecule has 4 heterocycles. The van der Waals surface area contributed by atoms with Gasteiger partial charge in [-0.1, -0.05) is 23.4 Å². The molecule has 0 aliphatic carbocycles. The number of amides is 1. The van der Waals surface area contributed by atoms with Crippen LogP contribution in [0.15, 0.2) is 58.1 Å². The summed E-state index contributed by atoms with van der Waals surface area (Å²) in [5.41, 5.74) is 3.26. The number of nitrogens with one attached hydrogen (secondary N) is 1. The first kappa shape index (κ1) is 28.7. The minimum absolute atomic E-state index is 0.0211. The summed E-state index contributed by atoms with van der Waals surface area (Å²) in [6.45, 7) is 6.85. The summed E-state index contributed by atoms with van der Waals surface area (Å²) in [5, 5.41) is 11.7. The molecule has 13 nitrogen and oxygen atoms in total. The topological polar surface area (TPSA) is 147 Å². The predicted molar refractivity (Wildman–Crippen MR) is 153 cm³/mol. The Labute approximate surface area is 242 Å². The Balaban J connectivity index is 1.47. The number of hydrogen-bond acceptors (Lipinski definition) is 10. The second-order valence-electron chi connectivity index (χ2n) is 9.97. The smallest absolute Gasteiger partial charge is 0.435 e. The number of aromatic nitrogens is 5. The monoisotopic (exact) mass is 575 g/mol. The van der Waals surface area contributed by atoms with E-state index in [-0.39, 0.29) is 24.4 Å². The van der Waals surface area contributed by atoms with E-state index in [1.165, 1.54) is 6.92 Å². The van der Waals surface area contributed by atoms with Gasteiger partial charge in [0.2, 0.25) is 5.82 Å². The number of nitrogens with zero attached hydrogens (tertiary/aromatic N) is 6.